The van der Waals surface area contributed by atoms with Gasteiger partial charge in [-0.05, 0) is 35.9 Å². The molecule has 0 radical (unpaired) electrons. The maximum absolute atomic E-state index is 11.6. The predicted octanol–water partition coefficient (Wildman–Crippen LogP) is 4.19. The average Bonchev–Trinajstić information content (AvgIpc) is 2.40. The number of nitrogens with zero attached hydrogens (tertiary/aromatic N) is 1. The SMILES string of the molecule is COc1ccccc1N(C(=O)Cl)c1ccccc1. The van der Waals surface area contributed by atoms with Gasteiger partial charge >= 0.3 is 5.37 Å². The van der Waals surface area contributed by atoms with Crippen LogP contribution in [0, 0.1) is 0 Å². The summed E-state index contributed by atoms with van der Waals surface area (Å²) in [5.41, 5.74) is 1.31. The molecule has 2 aromatic rings. The first-order valence-electron chi connectivity index (χ1n) is 5.41. The quantitative estimate of drug-likeness (QED) is 0.612. The minimum absolute atomic E-state index is 0.578. The van der Waals surface area contributed by atoms with E-state index in [0.717, 1.165) is 0 Å². The first-order chi connectivity index (χ1) is 8.74. The van der Waals surface area contributed by atoms with Crippen molar-refractivity contribution in [1.29, 1.82) is 0 Å². The van der Waals surface area contributed by atoms with E-state index in [9.17, 15) is 4.79 Å². The van der Waals surface area contributed by atoms with Gasteiger partial charge in [-0.1, -0.05) is 30.3 Å². The Bertz CT molecular complexity index is 543. The van der Waals surface area contributed by atoms with Gasteiger partial charge in [-0.25, -0.2) is 0 Å². The Morgan fingerprint density at radius 2 is 1.67 bits per heavy atom. The van der Waals surface area contributed by atoms with Crippen molar-refractivity contribution in [1.82, 2.24) is 0 Å². The van der Waals surface area contributed by atoms with E-state index >= 15 is 0 Å². The van der Waals surface area contributed by atoms with Gasteiger partial charge in [-0.15, -0.1) is 0 Å². The van der Waals surface area contributed by atoms with E-state index in [1.807, 2.05) is 42.5 Å². The summed E-state index contributed by atoms with van der Waals surface area (Å²) in [6.07, 6.45) is 0. The number of para-hydroxylation sites is 3. The summed E-state index contributed by atoms with van der Waals surface area (Å²) in [6, 6.07) is 16.4. The van der Waals surface area contributed by atoms with E-state index in [1.54, 1.807) is 19.2 Å². The molecule has 0 atom stereocenters. The van der Waals surface area contributed by atoms with Crippen molar-refractivity contribution in [3.8, 4) is 5.75 Å². The molecule has 4 heteroatoms. The molecule has 0 aliphatic carbocycles. The summed E-state index contributed by atoms with van der Waals surface area (Å²) in [4.78, 5) is 13.1. The largest absolute Gasteiger partial charge is 0.495 e. The number of benzene rings is 2. The lowest BCUT2D eigenvalue weighted by atomic mass is 10.2. The van der Waals surface area contributed by atoms with Crippen LogP contribution in [0.3, 0.4) is 0 Å². The van der Waals surface area contributed by atoms with E-state index in [-0.39, 0.29) is 0 Å². The number of hydrogen-bond acceptors (Lipinski definition) is 2. The minimum atomic E-state index is -0.578. The van der Waals surface area contributed by atoms with Crippen LogP contribution in [0.15, 0.2) is 54.6 Å². The van der Waals surface area contributed by atoms with Crippen molar-refractivity contribution >= 4 is 28.3 Å². The van der Waals surface area contributed by atoms with Crippen molar-refractivity contribution in [3.63, 3.8) is 0 Å². The Balaban J connectivity index is 2.52. The standard InChI is InChI=1S/C14H12ClNO2/c1-18-13-10-6-5-9-12(13)16(14(15)17)11-7-3-2-4-8-11/h2-10H,1H3. The Hall–Kier alpha value is -2.00. The molecule has 0 unspecified atom stereocenters. The van der Waals surface area contributed by atoms with Crippen molar-refractivity contribution in [2.45, 2.75) is 0 Å². The molecule has 1 amide bonds. The minimum Gasteiger partial charge on any atom is -0.495 e. The molecule has 0 bridgehead atoms. The highest BCUT2D eigenvalue weighted by atomic mass is 35.5. The first-order valence-corrected chi connectivity index (χ1v) is 5.79. The lowest BCUT2D eigenvalue weighted by Gasteiger charge is -2.21. The highest BCUT2D eigenvalue weighted by Crippen LogP contribution is 2.34. The third-order valence-corrected chi connectivity index (χ3v) is 2.69. The zero-order valence-corrected chi connectivity index (χ0v) is 10.6. The molecule has 0 heterocycles. The fourth-order valence-corrected chi connectivity index (χ4v) is 1.92. The molecular weight excluding hydrogens is 250 g/mol. The van der Waals surface area contributed by atoms with Crippen LogP contribution in [0.25, 0.3) is 0 Å². The van der Waals surface area contributed by atoms with Crippen LogP contribution in [0.2, 0.25) is 0 Å². The van der Waals surface area contributed by atoms with E-state index < -0.39 is 5.37 Å². The number of amides is 1. The molecule has 0 spiro atoms. The molecule has 92 valence electrons. The molecule has 0 saturated carbocycles. The molecule has 0 aromatic heterocycles. The van der Waals surface area contributed by atoms with Crippen molar-refractivity contribution < 1.29 is 9.53 Å². The van der Waals surface area contributed by atoms with Gasteiger partial charge in [0.1, 0.15) is 5.75 Å². The van der Waals surface area contributed by atoms with Gasteiger partial charge in [0, 0.05) is 0 Å². The molecule has 0 aliphatic rings. The summed E-state index contributed by atoms with van der Waals surface area (Å²) in [5, 5.41) is -0.578. The lowest BCUT2D eigenvalue weighted by Crippen LogP contribution is -2.20. The Morgan fingerprint density at radius 1 is 1.06 bits per heavy atom. The van der Waals surface area contributed by atoms with E-state index in [1.165, 1.54) is 4.90 Å². The highest BCUT2D eigenvalue weighted by molar-refractivity contribution is 6.67. The van der Waals surface area contributed by atoms with Gasteiger partial charge in [0.05, 0.1) is 18.5 Å². The van der Waals surface area contributed by atoms with Crippen LogP contribution in [-0.4, -0.2) is 12.5 Å². The fourth-order valence-electron chi connectivity index (χ4n) is 1.73. The molecule has 2 rings (SSSR count). The van der Waals surface area contributed by atoms with Gasteiger partial charge in [0.15, 0.2) is 0 Å². The van der Waals surface area contributed by atoms with Crippen molar-refractivity contribution in [3.05, 3.63) is 54.6 Å². The Morgan fingerprint density at radius 3 is 2.28 bits per heavy atom. The monoisotopic (exact) mass is 261 g/mol. The van der Waals surface area contributed by atoms with Crippen LogP contribution in [-0.2, 0) is 0 Å². The van der Waals surface area contributed by atoms with Gasteiger partial charge in [0.25, 0.3) is 0 Å². The van der Waals surface area contributed by atoms with Crippen LogP contribution < -0.4 is 9.64 Å². The summed E-state index contributed by atoms with van der Waals surface area (Å²) in [7, 11) is 1.56. The number of anilines is 2. The number of rotatable bonds is 3. The Kier molecular flexibility index (Phi) is 3.85. The normalized spacial score (nSPS) is 9.89. The summed E-state index contributed by atoms with van der Waals surface area (Å²) >= 11 is 5.67. The highest BCUT2D eigenvalue weighted by Gasteiger charge is 2.18. The second-order valence-corrected chi connectivity index (χ2v) is 3.92. The van der Waals surface area contributed by atoms with Crippen LogP contribution in [0.4, 0.5) is 16.2 Å². The summed E-state index contributed by atoms with van der Waals surface area (Å²) in [6.45, 7) is 0. The van der Waals surface area contributed by atoms with Gasteiger partial charge in [-0.3, -0.25) is 9.69 Å². The van der Waals surface area contributed by atoms with Gasteiger partial charge in [0.2, 0.25) is 0 Å². The van der Waals surface area contributed by atoms with Crippen molar-refractivity contribution in [2.24, 2.45) is 0 Å². The molecule has 0 saturated heterocycles. The van der Waals surface area contributed by atoms with E-state index in [2.05, 4.69) is 0 Å². The predicted molar refractivity (Wildman–Crippen MR) is 72.8 cm³/mol. The molecule has 3 nitrogen and oxygen atoms in total. The zero-order chi connectivity index (χ0) is 13.0. The lowest BCUT2D eigenvalue weighted by molar-refractivity contribution is 0.266. The maximum atomic E-state index is 11.6. The smallest absolute Gasteiger partial charge is 0.325 e. The third kappa shape index (κ3) is 2.46. The number of carbonyl (C=O) groups excluding carboxylic acids is 1. The number of hydrogen-bond donors (Lipinski definition) is 0. The van der Waals surface area contributed by atoms with Crippen molar-refractivity contribution in [2.75, 3.05) is 12.0 Å². The average molecular weight is 262 g/mol. The molecule has 18 heavy (non-hydrogen) atoms. The van der Waals surface area contributed by atoms with Gasteiger partial charge < -0.3 is 4.74 Å². The molecule has 0 aliphatic heterocycles. The summed E-state index contributed by atoms with van der Waals surface area (Å²) < 4.78 is 5.25. The molecular formula is C14H12ClNO2. The second-order valence-electron chi connectivity index (χ2n) is 3.60. The maximum Gasteiger partial charge on any atom is 0.325 e. The zero-order valence-electron chi connectivity index (χ0n) is 9.84. The first kappa shape index (κ1) is 12.5. The number of halogens is 1. The van der Waals surface area contributed by atoms with Crippen LogP contribution in [0.5, 0.6) is 5.75 Å². The third-order valence-electron chi connectivity index (χ3n) is 2.52. The fraction of sp³-hybridized carbons (Fsp3) is 0.0714. The van der Waals surface area contributed by atoms with Crippen LogP contribution in [0.1, 0.15) is 0 Å². The van der Waals surface area contributed by atoms with Crippen LogP contribution >= 0.6 is 11.6 Å². The second kappa shape index (κ2) is 5.56. The topological polar surface area (TPSA) is 29.5 Å². The number of methoxy groups -OCH3 is 1. The molecule has 0 N–H and O–H groups in total. The Labute approximate surface area is 111 Å². The summed E-state index contributed by atoms with van der Waals surface area (Å²) in [5.74, 6) is 0.593. The number of carbonyl (C=O) groups is 1. The van der Waals surface area contributed by atoms with E-state index in [4.69, 9.17) is 16.3 Å². The van der Waals surface area contributed by atoms with E-state index in [0.29, 0.717) is 17.1 Å². The molecule has 0 fully saturated rings. The number of ether oxygens (including phenoxy) is 1. The molecule has 2 aromatic carbocycles. The van der Waals surface area contributed by atoms with Gasteiger partial charge in [-0.2, -0.15) is 0 Å².